The summed E-state index contributed by atoms with van der Waals surface area (Å²) in [5.41, 5.74) is -0.0951. The maximum absolute atomic E-state index is 10.9. The summed E-state index contributed by atoms with van der Waals surface area (Å²) >= 11 is 1.26. The van der Waals surface area contributed by atoms with Crippen LogP contribution in [0.1, 0.15) is 41.8 Å². The average molecular weight is 253 g/mol. The molecule has 1 aromatic heterocycles. The second-order valence-electron chi connectivity index (χ2n) is 4.81. The number of rotatable bonds is 1. The zero-order valence-corrected chi connectivity index (χ0v) is 10.3. The number of carboxylic acids is 1. The van der Waals surface area contributed by atoms with Gasteiger partial charge in [-0.15, -0.1) is 11.3 Å². The highest BCUT2D eigenvalue weighted by atomic mass is 32.1. The van der Waals surface area contributed by atoms with E-state index in [2.05, 4.69) is 5.32 Å². The largest absolute Gasteiger partial charge is 0.482 e. The number of hydrogen-bond acceptors (Lipinski definition) is 4. The molecule has 5 heteroatoms. The Hall–Kier alpha value is -1.23. The first-order valence-electron chi connectivity index (χ1n) is 5.99. The zero-order chi connectivity index (χ0) is 11.9. The number of ether oxygens (including phenoxy) is 1. The van der Waals surface area contributed by atoms with Crippen molar-refractivity contribution in [3.8, 4) is 5.75 Å². The molecule has 0 atom stereocenters. The third-order valence-corrected chi connectivity index (χ3v) is 4.63. The van der Waals surface area contributed by atoms with Gasteiger partial charge in [0.15, 0.2) is 5.75 Å². The summed E-state index contributed by atoms with van der Waals surface area (Å²) in [7, 11) is 0. The van der Waals surface area contributed by atoms with Crippen LogP contribution in [-0.4, -0.2) is 23.2 Å². The van der Waals surface area contributed by atoms with Gasteiger partial charge in [-0.2, -0.15) is 0 Å². The van der Waals surface area contributed by atoms with Gasteiger partial charge in [-0.3, -0.25) is 0 Å². The predicted molar refractivity (Wildman–Crippen MR) is 66.2 cm³/mol. The van der Waals surface area contributed by atoms with E-state index in [0.717, 1.165) is 30.1 Å². The molecule has 1 spiro atoms. The van der Waals surface area contributed by atoms with Crippen LogP contribution in [0.25, 0.3) is 0 Å². The van der Waals surface area contributed by atoms with Gasteiger partial charge in [0, 0.05) is 6.07 Å². The van der Waals surface area contributed by atoms with Crippen LogP contribution < -0.4 is 10.1 Å². The molecule has 1 aliphatic heterocycles. The molecule has 92 valence electrons. The fourth-order valence-electron chi connectivity index (χ4n) is 2.66. The summed E-state index contributed by atoms with van der Waals surface area (Å²) in [6.07, 6.45) is 5.82. The first-order chi connectivity index (χ1) is 8.19. The molecule has 4 nitrogen and oxygen atoms in total. The van der Waals surface area contributed by atoms with Crippen molar-refractivity contribution in [2.75, 3.05) is 11.9 Å². The Bertz CT molecular complexity index is 449. The molecule has 17 heavy (non-hydrogen) atoms. The Balaban J connectivity index is 1.86. The number of hydrogen-bond donors (Lipinski definition) is 2. The zero-order valence-electron chi connectivity index (χ0n) is 9.49. The number of aromatic carboxylic acids is 1. The summed E-state index contributed by atoms with van der Waals surface area (Å²) in [4.78, 5) is 11.3. The number of carboxylic acid groups (broad SMARTS) is 1. The van der Waals surface area contributed by atoms with E-state index < -0.39 is 5.97 Å². The second-order valence-corrected chi connectivity index (χ2v) is 5.86. The van der Waals surface area contributed by atoms with Crippen LogP contribution in [0.4, 0.5) is 5.00 Å². The van der Waals surface area contributed by atoms with Gasteiger partial charge in [0.05, 0.1) is 6.54 Å². The highest BCUT2D eigenvalue weighted by Crippen LogP contribution is 2.44. The van der Waals surface area contributed by atoms with Crippen LogP contribution in [0.2, 0.25) is 0 Å². The lowest BCUT2D eigenvalue weighted by molar-refractivity contribution is 0.0375. The van der Waals surface area contributed by atoms with E-state index in [9.17, 15) is 4.79 Å². The Morgan fingerprint density at radius 1 is 1.41 bits per heavy atom. The van der Waals surface area contributed by atoms with E-state index in [1.807, 2.05) is 0 Å². The molecule has 1 fully saturated rings. The van der Waals surface area contributed by atoms with Gasteiger partial charge in [-0.25, -0.2) is 4.79 Å². The molecule has 1 saturated carbocycles. The predicted octanol–water partition coefficient (Wildman–Crippen LogP) is 2.95. The first-order valence-corrected chi connectivity index (χ1v) is 6.80. The Morgan fingerprint density at radius 3 is 2.88 bits per heavy atom. The van der Waals surface area contributed by atoms with Crippen molar-refractivity contribution in [2.45, 2.75) is 37.7 Å². The van der Waals surface area contributed by atoms with Gasteiger partial charge in [-0.1, -0.05) is 6.42 Å². The fourth-order valence-corrected chi connectivity index (χ4v) is 3.48. The fraction of sp³-hybridized carbons (Fsp3) is 0.583. The van der Waals surface area contributed by atoms with Crippen molar-refractivity contribution in [3.05, 3.63) is 10.9 Å². The van der Waals surface area contributed by atoms with E-state index in [1.54, 1.807) is 6.07 Å². The molecular formula is C12H15NO3S. The van der Waals surface area contributed by atoms with Crippen LogP contribution >= 0.6 is 11.3 Å². The monoisotopic (exact) mass is 253 g/mol. The third kappa shape index (κ3) is 1.88. The minimum atomic E-state index is -0.882. The summed E-state index contributed by atoms with van der Waals surface area (Å²) in [6.45, 7) is 0.805. The van der Waals surface area contributed by atoms with E-state index in [4.69, 9.17) is 9.84 Å². The Morgan fingerprint density at radius 2 is 2.18 bits per heavy atom. The maximum Gasteiger partial charge on any atom is 0.346 e. The van der Waals surface area contributed by atoms with Gasteiger partial charge < -0.3 is 15.2 Å². The molecule has 3 rings (SSSR count). The standard InChI is InChI=1S/C12H15NO3S/c14-11(15)9-6-8-10(17-9)13-7-12(16-8)4-2-1-3-5-12/h6,13H,1-5,7H2,(H,14,15). The maximum atomic E-state index is 10.9. The smallest absolute Gasteiger partial charge is 0.346 e. The SMILES string of the molecule is O=C(O)c1cc2c(s1)NCC1(CCCCC1)O2. The van der Waals surface area contributed by atoms with Crippen molar-refractivity contribution in [3.63, 3.8) is 0 Å². The van der Waals surface area contributed by atoms with Gasteiger partial charge in [-0.05, 0) is 25.7 Å². The Kier molecular flexibility index (Phi) is 2.50. The van der Waals surface area contributed by atoms with Gasteiger partial charge in [0.2, 0.25) is 0 Å². The normalized spacial score (nSPS) is 21.4. The molecule has 0 bridgehead atoms. The lowest BCUT2D eigenvalue weighted by atomic mass is 9.84. The summed E-state index contributed by atoms with van der Waals surface area (Å²) in [5.74, 6) is -0.159. The van der Waals surface area contributed by atoms with Crippen molar-refractivity contribution >= 4 is 22.3 Å². The summed E-state index contributed by atoms with van der Waals surface area (Å²) < 4.78 is 6.08. The topological polar surface area (TPSA) is 58.6 Å². The molecule has 0 radical (unpaired) electrons. The minimum Gasteiger partial charge on any atom is -0.482 e. The lowest BCUT2D eigenvalue weighted by Gasteiger charge is -2.40. The highest BCUT2D eigenvalue weighted by molar-refractivity contribution is 7.18. The highest BCUT2D eigenvalue weighted by Gasteiger charge is 2.38. The molecule has 2 aliphatic rings. The van der Waals surface area contributed by atoms with Crippen molar-refractivity contribution in [2.24, 2.45) is 0 Å². The Labute approximate surface area is 104 Å². The molecule has 0 amide bonds. The number of nitrogens with one attached hydrogen (secondary N) is 1. The molecule has 0 unspecified atom stereocenters. The minimum absolute atomic E-state index is 0.0951. The molecule has 1 aliphatic carbocycles. The number of thiophene rings is 1. The van der Waals surface area contributed by atoms with E-state index in [0.29, 0.717) is 4.88 Å². The van der Waals surface area contributed by atoms with E-state index >= 15 is 0 Å². The second kappa shape index (κ2) is 3.91. The quantitative estimate of drug-likeness (QED) is 0.808. The molecule has 2 heterocycles. The van der Waals surface area contributed by atoms with Gasteiger partial charge in [0.1, 0.15) is 15.5 Å². The number of fused-ring (bicyclic) bond motifs is 1. The van der Waals surface area contributed by atoms with Gasteiger partial charge in [0.25, 0.3) is 0 Å². The summed E-state index contributed by atoms with van der Waals surface area (Å²) in [6, 6.07) is 1.64. The van der Waals surface area contributed by atoms with Crippen LogP contribution in [0.3, 0.4) is 0 Å². The number of carbonyl (C=O) groups is 1. The number of anilines is 1. The van der Waals surface area contributed by atoms with Crippen LogP contribution in [0.15, 0.2) is 6.07 Å². The molecular weight excluding hydrogens is 238 g/mol. The van der Waals surface area contributed by atoms with Crippen molar-refractivity contribution < 1.29 is 14.6 Å². The summed E-state index contributed by atoms with van der Waals surface area (Å²) in [5, 5.41) is 13.2. The molecule has 0 aromatic carbocycles. The molecule has 2 N–H and O–H groups in total. The third-order valence-electron chi connectivity index (χ3n) is 3.57. The van der Waals surface area contributed by atoms with Gasteiger partial charge >= 0.3 is 5.97 Å². The molecule has 1 aromatic rings. The van der Waals surface area contributed by atoms with Crippen LogP contribution in [-0.2, 0) is 0 Å². The van der Waals surface area contributed by atoms with Crippen LogP contribution in [0, 0.1) is 0 Å². The van der Waals surface area contributed by atoms with Crippen molar-refractivity contribution in [1.29, 1.82) is 0 Å². The van der Waals surface area contributed by atoms with E-state index in [1.165, 1.54) is 30.6 Å². The first kappa shape index (κ1) is 10.9. The molecule has 0 saturated heterocycles. The van der Waals surface area contributed by atoms with Crippen LogP contribution in [0.5, 0.6) is 5.75 Å². The lowest BCUT2D eigenvalue weighted by Crippen LogP contribution is -2.46. The van der Waals surface area contributed by atoms with E-state index in [-0.39, 0.29) is 5.60 Å². The van der Waals surface area contributed by atoms with Crippen molar-refractivity contribution in [1.82, 2.24) is 0 Å². The average Bonchev–Trinajstić information content (AvgIpc) is 2.73.